The standard InChI is InChI=1S/C20H25N3O4S2/c1-14(2)23(5)29(26,27)16-12-10-15(11-13-16)19(24)21-17-8-6-7-9-18(17)28-20(25)22(3)4/h6-14H,1-5H3,(H,21,24). The second kappa shape index (κ2) is 9.43. The van der Waals surface area contributed by atoms with Crippen molar-refractivity contribution in [2.45, 2.75) is 29.7 Å². The van der Waals surface area contributed by atoms with Crippen molar-refractivity contribution in [3.63, 3.8) is 0 Å². The molecule has 7 nitrogen and oxygen atoms in total. The van der Waals surface area contributed by atoms with Gasteiger partial charge in [-0.3, -0.25) is 9.59 Å². The van der Waals surface area contributed by atoms with E-state index in [4.69, 9.17) is 0 Å². The number of para-hydroxylation sites is 1. The second-order valence-electron chi connectivity index (χ2n) is 6.85. The molecule has 0 aliphatic heterocycles. The van der Waals surface area contributed by atoms with Gasteiger partial charge in [-0.05, 0) is 62.0 Å². The molecule has 2 aromatic rings. The summed E-state index contributed by atoms with van der Waals surface area (Å²) < 4.78 is 26.3. The van der Waals surface area contributed by atoms with E-state index in [0.717, 1.165) is 11.8 Å². The Labute approximate surface area is 176 Å². The Morgan fingerprint density at radius 3 is 2.10 bits per heavy atom. The lowest BCUT2D eigenvalue weighted by Crippen LogP contribution is -2.33. The van der Waals surface area contributed by atoms with Crippen molar-refractivity contribution in [1.82, 2.24) is 9.21 Å². The van der Waals surface area contributed by atoms with Gasteiger partial charge in [-0.1, -0.05) is 12.1 Å². The van der Waals surface area contributed by atoms with E-state index < -0.39 is 15.9 Å². The second-order valence-corrected chi connectivity index (χ2v) is 9.84. The fourth-order valence-electron chi connectivity index (χ4n) is 2.26. The van der Waals surface area contributed by atoms with Crippen molar-refractivity contribution >= 4 is 38.6 Å². The topological polar surface area (TPSA) is 86.8 Å². The SMILES string of the molecule is CC(C)N(C)S(=O)(=O)c1ccc(C(=O)Nc2ccccc2SC(=O)N(C)C)cc1. The number of anilines is 1. The highest BCUT2D eigenvalue weighted by Crippen LogP contribution is 2.29. The van der Waals surface area contributed by atoms with Crippen LogP contribution >= 0.6 is 11.8 Å². The molecule has 2 amide bonds. The molecule has 9 heteroatoms. The summed E-state index contributed by atoms with van der Waals surface area (Å²) in [5.74, 6) is -0.392. The first-order valence-corrected chi connectivity index (χ1v) is 11.2. The molecular formula is C20H25N3O4S2. The van der Waals surface area contributed by atoms with E-state index in [2.05, 4.69) is 5.32 Å². The number of nitrogens with one attached hydrogen (secondary N) is 1. The van der Waals surface area contributed by atoms with Crippen LogP contribution < -0.4 is 5.32 Å². The van der Waals surface area contributed by atoms with Gasteiger partial charge in [0.25, 0.3) is 11.1 Å². The first-order valence-electron chi connectivity index (χ1n) is 8.91. The number of hydrogen-bond donors (Lipinski definition) is 1. The van der Waals surface area contributed by atoms with Gasteiger partial charge in [-0.25, -0.2) is 8.42 Å². The van der Waals surface area contributed by atoms with E-state index in [1.807, 2.05) is 0 Å². The number of thioether (sulfide) groups is 1. The zero-order valence-electron chi connectivity index (χ0n) is 17.0. The van der Waals surface area contributed by atoms with Crippen LogP contribution in [-0.2, 0) is 10.0 Å². The van der Waals surface area contributed by atoms with Crippen LogP contribution in [-0.4, -0.2) is 56.0 Å². The van der Waals surface area contributed by atoms with E-state index >= 15 is 0 Å². The number of benzene rings is 2. The summed E-state index contributed by atoms with van der Waals surface area (Å²) in [4.78, 5) is 26.8. The first-order chi connectivity index (χ1) is 13.5. The van der Waals surface area contributed by atoms with E-state index in [1.54, 1.807) is 52.2 Å². The summed E-state index contributed by atoms with van der Waals surface area (Å²) in [5, 5.41) is 2.62. The average Bonchev–Trinajstić information content (AvgIpc) is 2.68. The molecule has 29 heavy (non-hydrogen) atoms. The largest absolute Gasteiger partial charge is 0.339 e. The quantitative estimate of drug-likeness (QED) is 0.699. The van der Waals surface area contributed by atoms with Crippen molar-refractivity contribution in [3.8, 4) is 0 Å². The maximum atomic E-state index is 12.6. The van der Waals surface area contributed by atoms with Crippen LogP contribution in [0.1, 0.15) is 24.2 Å². The van der Waals surface area contributed by atoms with Gasteiger partial charge in [-0.15, -0.1) is 0 Å². The van der Waals surface area contributed by atoms with Crippen molar-refractivity contribution in [2.75, 3.05) is 26.5 Å². The summed E-state index contributed by atoms with van der Waals surface area (Å²) in [6.45, 7) is 3.58. The minimum absolute atomic E-state index is 0.123. The minimum atomic E-state index is -3.61. The number of carbonyl (C=O) groups is 2. The van der Waals surface area contributed by atoms with Gasteiger partial charge in [0.2, 0.25) is 10.0 Å². The lowest BCUT2D eigenvalue weighted by Gasteiger charge is -2.21. The predicted molar refractivity (Wildman–Crippen MR) is 116 cm³/mol. The van der Waals surface area contributed by atoms with Crippen molar-refractivity contribution < 1.29 is 18.0 Å². The van der Waals surface area contributed by atoms with Crippen LogP contribution in [0.25, 0.3) is 0 Å². The third-order valence-electron chi connectivity index (χ3n) is 4.22. The Bertz CT molecular complexity index is 987. The number of nitrogens with zero attached hydrogens (tertiary/aromatic N) is 2. The zero-order chi connectivity index (χ0) is 21.8. The lowest BCUT2D eigenvalue weighted by molar-refractivity contribution is 0.102. The smallest absolute Gasteiger partial charge is 0.286 e. The third kappa shape index (κ3) is 5.59. The molecule has 0 unspecified atom stereocenters. The van der Waals surface area contributed by atoms with Gasteiger partial charge in [0.05, 0.1) is 10.6 Å². The number of amides is 2. The van der Waals surface area contributed by atoms with Crippen LogP contribution in [0.4, 0.5) is 10.5 Å². The van der Waals surface area contributed by atoms with Gasteiger partial charge in [0, 0.05) is 37.6 Å². The Morgan fingerprint density at radius 1 is 0.966 bits per heavy atom. The summed E-state index contributed by atoms with van der Waals surface area (Å²) in [6.07, 6.45) is 0. The molecule has 2 rings (SSSR count). The number of carbonyl (C=O) groups excluding carboxylic acids is 2. The fourth-order valence-corrected chi connectivity index (χ4v) is 4.37. The number of sulfonamides is 1. The lowest BCUT2D eigenvalue weighted by atomic mass is 10.2. The maximum absolute atomic E-state index is 12.6. The predicted octanol–water partition coefficient (Wildman–Crippen LogP) is 3.74. The van der Waals surface area contributed by atoms with Crippen LogP contribution in [0.3, 0.4) is 0 Å². The highest BCUT2D eigenvalue weighted by atomic mass is 32.2. The molecule has 2 aromatic carbocycles. The molecule has 0 bridgehead atoms. The normalized spacial score (nSPS) is 11.6. The summed E-state index contributed by atoms with van der Waals surface area (Å²) in [7, 11) is 1.22. The summed E-state index contributed by atoms with van der Waals surface area (Å²) >= 11 is 1.01. The molecule has 0 saturated heterocycles. The van der Waals surface area contributed by atoms with Gasteiger partial charge < -0.3 is 10.2 Å². The molecule has 0 aliphatic carbocycles. The van der Waals surface area contributed by atoms with Gasteiger partial charge in [-0.2, -0.15) is 4.31 Å². The molecule has 0 aliphatic rings. The maximum Gasteiger partial charge on any atom is 0.286 e. The molecule has 156 valence electrons. The molecule has 0 aromatic heterocycles. The summed E-state index contributed by atoms with van der Waals surface area (Å²) in [6, 6.07) is 12.6. The van der Waals surface area contributed by atoms with Crippen LogP contribution in [0, 0.1) is 0 Å². The highest BCUT2D eigenvalue weighted by molar-refractivity contribution is 8.13. The Hall–Kier alpha value is -2.36. The Kier molecular flexibility index (Phi) is 7.45. The molecule has 1 N–H and O–H groups in total. The van der Waals surface area contributed by atoms with Crippen LogP contribution in [0.2, 0.25) is 0 Å². The van der Waals surface area contributed by atoms with E-state index in [0.29, 0.717) is 16.1 Å². The highest BCUT2D eigenvalue weighted by Gasteiger charge is 2.23. The van der Waals surface area contributed by atoms with Crippen molar-refractivity contribution in [3.05, 3.63) is 54.1 Å². The van der Waals surface area contributed by atoms with Crippen molar-refractivity contribution in [1.29, 1.82) is 0 Å². The molecule has 0 spiro atoms. The monoisotopic (exact) mass is 435 g/mol. The van der Waals surface area contributed by atoms with Gasteiger partial charge in [0.1, 0.15) is 0 Å². The number of rotatable bonds is 6. The van der Waals surface area contributed by atoms with E-state index in [9.17, 15) is 18.0 Å². The third-order valence-corrected chi connectivity index (χ3v) is 7.38. The molecule has 0 fully saturated rings. The molecule has 0 heterocycles. The number of hydrogen-bond acceptors (Lipinski definition) is 5. The zero-order valence-corrected chi connectivity index (χ0v) is 18.7. The van der Waals surface area contributed by atoms with E-state index in [1.165, 1.54) is 40.5 Å². The van der Waals surface area contributed by atoms with Gasteiger partial charge >= 0.3 is 0 Å². The molecule has 0 radical (unpaired) electrons. The van der Waals surface area contributed by atoms with E-state index in [-0.39, 0.29) is 16.2 Å². The molecule has 0 saturated carbocycles. The van der Waals surface area contributed by atoms with Crippen LogP contribution in [0.5, 0.6) is 0 Å². The summed E-state index contributed by atoms with van der Waals surface area (Å²) in [5.41, 5.74) is 0.823. The van der Waals surface area contributed by atoms with Crippen LogP contribution in [0.15, 0.2) is 58.3 Å². The molecular weight excluding hydrogens is 410 g/mol. The minimum Gasteiger partial charge on any atom is -0.339 e. The average molecular weight is 436 g/mol. The van der Waals surface area contributed by atoms with Crippen molar-refractivity contribution in [2.24, 2.45) is 0 Å². The van der Waals surface area contributed by atoms with Gasteiger partial charge in [0.15, 0.2) is 0 Å². The Balaban J connectivity index is 2.20. The Morgan fingerprint density at radius 2 is 1.55 bits per heavy atom. The first kappa shape index (κ1) is 22.9. The fraction of sp³-hybridized carbons (Fsp3) is 0.300. The molecule has 0 atom stereocenters.